The van der Waals surface area contributed by atoms with Gasteiger partial charge in [0.05, 0.1) is 25.2 Å². The third-order valence-corrected chi connectivity index (χ3v) is 6.84. The number of hydrogen-bond acceptors (Lipinski definition) is 5. The van der Waals surface area contributed by atoms with Gasteiger partial charge in [-0.3, -0.25) is 9.10 Å². The maximum absolute atomic E-state index is 13.1. The van der Waals surface area contributed by atoms with Crippen LogP contribution in [0.3, 0.4) is 0 Å². The molecule has 1 saturated heterocycles. The first kappa shape index (κ1) is 23.4. The Labute approximate surface area is 189 Å². The van der Waals surface area contributed by atoms with Crippen molar-refractivity contribution in [2.45, 2.75) is 26.3 Å². The van der Waals surface area contributed by atoms with Gasteiger partial charge in [0.1, 0.15) is 6.04 Å². The molecule has 1 amide bonds. The van der Waals surface area contributed by atoms with Gasteiger partial charge in [-0.15, -0.1) is 0 Å². The number of rotatable bonds is 7. The number of halogens is 1. The van der Waals surface area contributed by atoms with E-state index in [0.717, 1.165) is 34.9 Å². The number of ether oxygens (including phenoxy) is 1. The molecule has 2 aromatic rings. The van der Waals surface area contributed by atoms with Crippen molar-refractivity contribution in [2.24, 2.45) is 0 Å². The molecule has 31 heavy (non-hydrogen) atoms. The maximum Gasteiger partial charge on any atom is 0.248 e. The summed E-state index contributed by atoms with van der Waals surface area (Å²) in [6.45, 7) is 6.65. The highest BCUT2D eigenvalue weighted by Crippen LogP contribution is 2.28. The van der Waals surface area contributed by atoms with Gasteiger partial charge in [0.15, 0.2) is 0 Å². The maximum atomic E-state index is 13.1. The first-order valence-electron chi connectivity index (χ1n) is 10.2. The van der Waals surface area contributed by atoms with E-state index in [1.54, 1.807) is 25.1 Å². The Bertz CT molecular complexity index is 1020. The second kappa shape index (κ2) is 9.89. The average Bonchev–Trinajstić information content (AvgIpc) is 2.74. The molecule has 0 aliphatic carbocycles. The number of amides is 1. The minimum atomic E-state index is -3.72. The smallest absolute Gasteiger partial charge is 0.248 e. The zero-order valence-corrected chi connectivity index (χ0v) is 19.5. The van der Waals surface area contributed by atoms with Crippen molar-refractivity contribution in [3.63, 3.8) is 0 Å². The van der Waals surface area contributed by atoms with Gasteiger partial charge in [-0.25, -0.2) is 8.42 Å². The highest BCUT2D eigenvalue weighted by molar-refractivity contribution is 7.92. The molecule has 3 rings (SSSR count). The van der Waals surface area contributed by atoms with Crippen LogP contribution in [0.2, 0.25) is 5.02 Å². The topological polar surface area (TPSA) is 79.0 Å². The molecule has 0 spiro atoms. The molecule has 1 heterocycles. The Morgan fingerprint density at radius 3 is 2.39 bits per heavy atom. The van der Waals surface area contributed by atoms with E-state index in [4.69, 9.17) is 16.3 Å². The molecule has 168 valence electrons. The van der Waals surface area contributed by atoms with Crippen molar-refractivity contribution in [3.8, 4) is 0 Å². The van der Waals surface area contributed by atoms with E-state index >= 15 is 0 Å². The standard InChI is InChI=1S/C22H28ClN3O4S/c1-4-21(26(31(3,28)29)19-8-5-16(2)20(23)15-19)22(27)24-17-6-9-18(10-7-17)25-11-13-30-14-12-25/h5-10,15,21H,4,11-14H2,1-3H3,(H,24,27). The Morgan fingerprint density at radius 2 is 1.84 bits per heavy atom. The van der Waals surface area contributed by atoms with Crippen LogP contribution in [0.4, 0.5) is 17.1 Å². The fraction of sp³-hybridized carbons (Fsp3) is 0.409. The molecule has 1 unspecified atom stereocenters. The van der Waals surface area contributed by atoms with Crippen molar-refractivity contribution < 1.29 is 17.9 Å². The molecule has 1 atom stereocenters. The van der Waals surface area contributed by atoms with Gasteiger partial charge in [0, 0.05) is 29.5 Å². The van der Waals surface area contributed by atoms with Gasteiger partial charge >= 0.3 is 0 Å². The molecule has 1 N–H and O–H groups in total. The zero-order chi connectivity index (χ0) is 22.6. The zero-order valence-electron chi connectivity index (χ0n) is 18.0. The molecule has 1 aliphatic heterocycles. The van der Waals surface area contributed by atoms with Crippen LogP contribution in [-0.4, -0.2) is 52.9 Å². The number of aryl methyl sites for hydroxylation is 1. The van der Waals surface area contributed by atoms with Gasteiger partial charge in [-0.2, -0.15) is 0 Å². The summed E-state index contributed by atoms with van der Waals surface area (Å²) >= 11 is 6.21. The van der Waals surface area contributed by atoms with Gasteiger partial charge in [-0.05, 0) is 55.3 Å². The summed E-state index contributed by atoms with van der Waals surface area (Å²) in [4.78, 5) is 15.3. The average molecular weight is 466 g/mol. The normalized spacial score (nSPS) is 15.4. The summed E-state index contributed by atoms with van der Waals surface area (Å²) in [5.41, 5.74) is 2.86. The highest BCUT2D eigenvalue weighted by atomic mass is 35.5. The molecule has 7 nitrogen and oxygen atoms in total. The van der Waals surface area contributed by atoms with Gasteiger partial charge in [0.25, 0.3) is 0 Å². The van der Waals surface area contributed by atoms with Crippen LogP contribution < -0.4 is 14.5 Å². The van der Waals surface area contributed by atoms with Crippen LogP contribution in [0.25, 0.3) is 0 Å². The molecule has 2 aromatic carbocycles. The molecule has 0 aromatic heterocycles. The first-order valence-corrected chi connectivity index (χ1v) is 12.4. The molecule has 1 aliphatic rings. The second-order valence-corrected chi connectivity index (χ2v) is 9.82. The number of sulfonamides is 1. The number of carbonyl (C=O) groups is 1. The summed E-state index contributed by atoms with van der Waals surface area (Å²) in [7, 11) is -3.72. The summed E-state index contributed by atoms with van der Waals surface area (Å²) in [5.74, 6) is -0.399. The summed E-state index contributed by atoms with van der Waals surface area (Å²) in [5, 5.41) is 3.29. The Morgan fingerprint density at radius 1 is 1.19 bits per heavy atom. The lowest BCUT2D eigenvalue weighted by atomic mass is 10.1. The van der Waals surface area contributed by atoms with Gasteiger partial charge < -0.3 is 15.0 Å². The van der Waals surface area contributed by atoms with Crippen molar-refractivity contribution in [3.05, 3.63) is 53.1 Å². The lowest BCUT2D eigenvalue weighted by molar-refractivity contribution is -0.117. The summed E-state index contributed by atoms with van der Waals surface area (Å²) < 4.78 is 31.7. The number of nitrogens with one attached hydrogen (secondary N) is 1. The molecule has 0 bridgehead atoms. The number of anilines is 3. The second-order valence-electron chi connectivity index (χ2n) is 7.55. The first-order chi connectivity index (χ1) is 14.7. The van der Waals surface area contributed by atoms with E-state index in [2.05, 4.69) is 10.2 Å². The molecular formula is C22H28ClN3O4S. The lowest BCUT2D eigenvalue weighted by Gasteiger charge is -2.30. The quantitative estimate of drug-likeness (QED) is 0.675. The summed E-state index contributed by atoms with van der Waals surface area (Å²) in [6, 6.07) is 11.6. The van der Waals surface area contributed by atoms with Crippen molar-refractivity contribution >= 4 is 44.6 Å². The number of morpholine rings is 1. The van der Waals surface area contributed by atoms with Crippen molar-refractivity contribution in [1.29, 1.82) is 0 Å². The van der Waals surface area contributed by atoms with E-state index < -0.39 is 22.0 Å². The van der Waals surface area contributed by atoms with Gasteiger partial charge in [-0.1, -0.05) is 24.6 Å². The predicted octanol–water partition coefficient (Wildman–Crippen LogP) is 3.67. The van der Waals surface area contributed by atoms with E-state index in [1.807, 2.05) is 31.2 Å². The molecule has 0 saturated carbocycles. The molecular weight excluding hydrogens is 438 g/mol. The number of hydrogen-bond donors (Lipinski definition) is 1. The number of nitrogens with zero attached hydrogens (tertiary/aromatic N) is 2. The van der Waals surface area contributed by atoms with Crippen LogP contribution in [0.1, 0.15) is 18.9 Å². The van der Waals surface area contributed by atoms with Crippen LogP contribution in [0.15, 0.2) is 42.5 Å². The van der Waals surface area contributed by atoms with Crippen LogP contribution >= 0.6 is 11.6 Å². The van der Waals surface area contributed by atoms with E-state index in [9.17, 15) is 13.2 Å². The fourth-order valence-electron chi connectivity index (χ4n) is 3.58. The van der Waals surface area contributed by atoms with Crippen molar-refractivity contribution in [2.75, 3.05) is 47.1 Å². The minimum absolute atomic E-state index is 0.302. The van der Waals surface area contributed by atoms with Crippen molar-refractivity contribution in [1.82, 2.24) is 0 Å². The number of benzene rings is 2. The molecule has 0 radical (unpaired) electrons. The minimum Gasteiger partial charge on any atom is -0.378 e. The third kappa shape index (κ3) is 5.70. The third-order valence-electron chi connectivity index (χ3n) is 5.25. The fourth-order valence-corrected chi connectivity index (χ4v) is 4.96. The van der Waals surface area contributed by atoms with E-state index in [-0.39, 0.29) is 0 Å². The largest absolute Gasteiger partial charge is 0.378 e. The van der Waals surface area contributed by atoms with Gasteiger partial charge in [0.2, 0.25) is 15.9 Å². The lowest BCUT2D eigenvalue weighted by Crippen LogP contribution is -2.47. The Kier molecular flexibility index (Phi) is 7.46. The monoisotopic (exact) mass is 465 g/mol. The van der Waals surface area contributed by atoms with Crippen LogP contribution in [-0.2, 0) is 19.6 Å². The molecule has 9 heteroatoms. The summed E-state index contributed by atoms with van der Waals surface area (Å²) in [6.07, 6.45) is 1.39. The number of carbonyl (C=O) groups excluding carboxylic acids is 1. The van der Waals surface area contributed by atoms with Crippen LogP contribution in [0, 0.1) is 6.92 Å². The van der Waals surface area contributed by atoms with Crippen LogP contribution in [0.5, 0.6) is 0 Å². The van der Waals surface area contributed by atoms with E-state index in [0.29, 0.717) is 36.0 Å². The predicted molar refractivity (Wildman–Crippen MR) is 126 cm³/mol. The Hall–Kier alpha value is -2.29. The molecule has 1 fully saturated rings. The highest BCUT2D eigenvalue weighted by Gasteiger charge is 2.31. The SMILES string of the molecule is CCC(C(=O)Nc1ccc(N2CCOCC2)cc1)N(c1ccc(C)c(Cl)c1)S(C)(=O)=O. The van der Waals surface area contributed by atoms with E-state index in [1.165, 1.54) is 0 Å². The Balaban J connectivity index is 1.80.